The molecule has 0 saturated carbocycles. The van der Waals surface area contributed by atoms with Gasteiger partial charge < -0.3 is 19.3 Å². The summed E-state index contributed by atoms with van der Waals surface area (Å²) in [5.41, 5.74) is 3.96. The summed E-state index contributed by atoms with van der Waals surface area (Å²) in [6, 6.07) is 7.92. The van der Waals surface area contributed by atoms with Crippen molar-refractivity contribution in [3.63, 3.8) is 0 Å². The third kappa shape index (κ3) is 2.93. The maximum absolute atomic E-state index is 10.1. The molecule has 132 valence electrons. The number of phenolic OH excluding ortho intramolecular Hbond substituents is 1. The molecule has 0 spiro atoms. The Balaban J connectivity index is 2.06. The van der Waals surface area contributed by atoms with Gasteiger partial charge in [0.25, 0.3) is 0 Å². The molecule has 1 heterocycles. The molecule has 0 radical (unpaired) electrons. The SMILES string of the molecule is C/C=C/c1cc(OC)c2c(c1)C(C)C(c1cc(C)c(O)c(OC)c1)O2. The highest BCUT2D eigenvalue weighted by atomic mass is 16.5. The lowest BCUT2D eigenvalue weighted by molar-refractivity contribution is 0.207. The topological polar surface area (TPSA) is 47.9 Å². The van der Waals surface area contributed by atoms with Crippen LogP contribution in [-0.2, 0) is 0 Å². The van der Waals surface area contributed by atoms with Crippen LogP contribution in [0.3, 0.4) is 0 Å². The number of aromatic hydroxyl groups is 1. The van der Waals surface area contributed by atoms with Crippen molar-refractivity contribution in [2.24, 2.45) is 0 Å². The number of aryl methyl sites for hydroxylation is 1. The minimum Gasteiger partial charge on any atom is -0.504 e. The van der Waals surface area contributed by atoms with Crippen LogP contribution in [0.1, 0.15) is 48.1 Å². The molecule has 2 unspecified atom stereocenters. The Morgan fingerprint density at radius 1 is 1.08 bits per heavy atom. The lowest BCUT2D eigenvalue weighted by Crippen LogP contribution is -2.08. The van der Waals surface area contributed by atoms with Crippen LogP contribution in [0, 0.1) is 6.92 Å². The van der Waals surface area contributed by atoms with Gasteiger partial charge in [-0.15, -0.1) is 0 Å². The number of ether oxygens (including phenoxy) is 3. The monoisotopic (exact) mass is 340 g/mol. The minimum atomic E-state index is -0.155. The number of benzene rings is 2. The van der Waals surface area contributed by atoms with Gasteiger partial charge in [-0.1, -0.05) is 19.1 Å². The molecule has 2 atom stereocenters. The highest BCUT2D eigenvalue weighted by Crippen LogP contribution is 2.51. The van der Waals surface area contributed by atoms with Gasteiger partial charge >= 0.3 is 0 Å². The fourth-order valence-electron chi connectivity index (χ4n) is 3.39. The molecular weight excluding hydrogens is 316 g/mol. The fraction of sp³-hybridized carbons (Fsp3) is 0.333. The highest BCUT2D eigenvalue weighted by molar-refractivity contribution is 5.62. The molecular formula is C21H24O4. The maximum atomic E-state index is 10.1. The summed E-state index contributed by atoms with van der Waals surface area (Å²) >= 11 is 0. The number of rotatable bonds is 4. The summed E-state index contributed by atoms with van der Waals surface area (Å²) in [4.78, 5) is 0. The van der Waals surface area contributed by atoms with Crippen LogP contribution in [0.5, 0.6) is 23.0 Å². The van der Waals surface area contributed by atoms with Crippen molar-refractivity contribution in [1.82, 2.24) is 0 Å². The van der Waals surface area contributed by atoms with Crippen molar-refractivity contribution in [2.75, 3.05) is 14.2 Å². The van der Waals surface area contributed by atoms with Crippen molar-refractivity contribution >= 4 is 6.08 Å². The van der Waals surface area contributed by atoms with E-state index in [-0.39, 0.29) is 17.8 Å². The molecule has 1 aliphatic rings. The molecule has 1 aliphatic heterocycles. The van der Waals surface area contributed by atoms with E-state index < -0.39 is 0 Å². The Morgan fingerprint density at radius 3 is 2.44 bits per heavy atom. The Labute approximate surface area is 148 Å². The molecule has 2 aromatic carbocycles. The van der Waals surface area contributed by atoms with Gasteiger partial charge in [-0.25, -0.2) is 0 Å². The molecule has 0 fully saturated rings. The van der Waals surface area contributed by atoms with Crippen LogP contribution in [0.15, 0.2) is 30.3 Å². The first kappa shape index (κ1) is 17.2. The van der Waals surface area contributed by atoms with E-state index in [9.17, 15) is 5.11 Å². The van der Waals surface area contributed by atoms with Crippen LogP contribution in [0.4, 0.5) is 0 Å². The van der Waals surface area contributed by atoms with Crippen LogP contribution < -0.4 is 14.2 Å². The first-order valence-electron chi connectivity index (χ1n) is 8.38. The standard InChI is InChI=1S/C21H24O4/c1-6-7-14-9-16-13(3)20(25-21(16)18(10-14)24-5)15-8-12(2)19(22)17(11-15)23-4/h6-11,13,20,22H,1-5H3/b7-6+. The predicted molar refractivity (Wildman–Crippen MR) is 98.9 cm³/mol. The van der Waals surface area contributed by atoms with Gasteiger partial charge in [0.2, 0.25) is 0 Å². The number of allylic oxidation sites excluding steroid dienone is 1. The molecule has 0 bridgehead atoms. The van der Waals surface area contributed by atoms with Crippen LogP contribution >= 0.6 is 0 Å². The van der Waals surface area contributed by atoms with E-state index in [1.54, 1.807) is 14.2 Å². The molecule has 25 heavy (non-hydrogen) atoms. The van der Waals surface area contributed by atoms with Crippen molar-refractivity contribution < 1.29 is 19.3 Å². The second-order valence-electron chi connectivity index (χ2n) is 6.36. The maximum Gasteiger partial charge on any atom is 0.165 e. The second-order valence-corrected chi connectivity index (χ2v) is 6.36. The Hall–Kier alpha value is -2.62. The number of methoxy groups -OCH3 is 2. The van der Waals surface area contributed by atoms with Gasteiger partial charge in [-0.3, -0.25) is 0 Å². The normalized spacial score (nSPS) is 18.9. The summed E-state index contributed by atoms with van der Waals surface area (Å²) < 4.78 is 17.1. The van der Waals surface area contributed by atoms with Crippen LogP contribution in [-0.4, -0.2) is 19.3 Å². The third-order valence-electron chi connectivity index (χ3n) is 4.71. The van der Waals surface area contributed by atoms with E-state index in [4.69, 9.17) is 14.2 Å². The summed E-state index contributed by atoms with van der Waals surface area (Å²) in [6.07, 6.45) is 3.90. The van der Waals surface area contributed by atoms with Gasteiger partial charge in [0, 0.05) is 11.5 Å². The number of phenols is 1. The first-order valence-corrected chi connectivity index (χ1v) is 8.38. The molecule has 4 heteroatoms. The fourth-order valence-corrected chi connectivity index (χ4v) is 3.39. The largest absolute Gasteiger partial charge is 0.504 e. The third-order valence-corrected chi connectivity index (χ3v) is 4.71. The summed E-state index contributed by atoms with van der Waals surface area (Å²) in [5.74, 6) is 2.31. The number of fused-ring (bicyclic) bond motifs is 1. The Morgan fingerprint density at radius 2 is 1.80 bits per heavy atom. The second kappa shape index (κ2) is 6.71. The molecule has 2 aromatic rings. The molecule has 3 rings (SSSR count). The number of hydrogen-bond donors (Lipinski definition) is 1. The van der Waals surface area contributed by atoms with E-state index in [1.165, 1.54) is 0 Å². The van der Waals surface area contributed by atoms with Gasteiger partial charge in [0.05, 0.1) is 14.2 Å². The van der Waals surface area contributed by atoms with Crippen LogP contribution in [0.2, 0.25) is 0 Å². The molecule has 1 N–H and O–H groups in total. The minimum absolute atomic E-state index is 0.155. The van der Waals surface area contributed by atoms with Crippen molar-refractivity contribution in [1.29, 1.82) is 0 Å². The van der Waals surface area contributed by atoms with Crippen LogP contribution in [0.25, 0.3) is 6.08 Å². The average Bonchev–Trinajstić information content (AvgIpc) is 2.94. The van der Waals surface area contributed by atoms with Gasteiger partial charge in [-0.05, 0) is 54.8 Å². The van der Waals surface area contributed by atoms with Crippen molar-refractivity contribution in [3.8, 4) is 23.0 Å². The lowest BCUT2D eigenvalue weighted by atomic mass is 9.91. The molecule has 0 aromatic heterocycles. The highest BCUT2D eigenvalue weighted by Gasteiger charge is 2.35. The average molecular weight is 340 g/mol. The zero-order valence-electron chi connectivity index (χ0n) is 15.3. The molecule has 0 aliphatic carbocycles. The Bertz CT molecular complexity index is 823. The van der Waals surface area contributed by atoms with Gasteiger partial charge in [-0.2, -0.15) is 0 Å². The van der Waals surface area contributed by atoms with Gasteiger partial charge in [0.15, 0.2) is 23.0 Å². The zero-order chi connectivity index (χ0) is 18.1. The summed E-state index contributed by atoms with van der Waals surface area (Å²) in [5, 5.41) is 10.1. The smallest absolute Gasteiger partial charge is 0.165 e. The summed E-state index contributed by atoms with van der Waals surface area (Å²) in [6.45, 7) is 6.00. The number of hydrogen-bond acceptors (Lipinski definition) is 4. The van der Waals surface area contributed by atoms with Crippen molar-refractivity contribution in [3.05, 3.63) is 52.6 Å². The summed E-state index contributed by atoms with van der Waals surface area (Å²) in [7, 11) is 3.21. The quantitative estimate of drug-likeness (QED) is 0.852. The van der Waals surface area contributed by atoms with E-state index in [0.717, 1.165) is 33.8 Å². The first-order chi connectivity index (χ1) is 12.0. The van der Waals surface area contributed by atoms with E-state index in [0.29, 0.717) is 5.75 Å². The molecule has 4 nitrogen and oxygen atoms in total. The molecule has 0 saturated heterocycles. The Kier molecular flexibility index (Phi) is 4.62. The van der Waals surface area contributed by atoms with Crippen molar-refractivity contribution in [2.45, 2.75) is 32.8 Å². The zero-order valence-corrected chi connectivity index (χ0v) is 15.3. The predicted octanol–water partition coefficient (Wildman–Crippen LogP) is 4.99. The lowest BCUT2D eigenvalue weighted by Gasteiger charge is -2.18. The van der Waals surface area contributed by atoms with Gasteiger partial charge in [0.1, 0.15) is 6.10 Å². The van der Waals surface area contributed by atoms with E-state index >= 15 is 0 Å². The van der Waals surface area contributed by atoms with E-state index in [1.807, 2.05) is 38.1 Å². The van der Waals surface area contributed by atoms with E-state index in [2.05, 4.69) is 19.1 Å². The molecule has 0 amide bonds.